The average Bonchev–Trinajstić information content (AvgIpc) is 2.54. The molecule has 1 aromatic carbocycles. The number of quaternary nitrogens is 1. The number of benzene rings is 1. The maximum atomic E-state index is 12.1. The van der Waals surface area contributed by atoms with Crippen molar-refractivity contribution >= 4 is 23.3 Å². The molecule has 1 atom stereocenters. The highest BCUT2D eigenvalue weighted by atomic mass is 16.6. The molecular weight excluding hydrogens is 342 g/mol. The number of carbonyl (C=O) groups excluding carboxylic acids is 2. The molecule has 3 N–H and O–H groups in total. The third-order valence-corrected chi connectivity index (χ3v) is 3.65. The Morgan fingerprint density at radius 1 is 1.35 bits per heavy atom. The van der Waals surface area contributed by atoms with Crippen molar-refractivity contribution in [2.24, 2.45) is 5.92 Å². The Bertz CT molecular complexity index is 647. The zero-order chi connectivity index (χ0) is 19.7. The van der Waals surface area contributed by atoms with E-state index < -0.39 is 22.8 Å². The second kappa shape index (κ2) is 10.3. The van der Waals surface area contributed by atoms with E-state index in [1.165, 1.54) is 18.2 Å². The number of hydrogen-bond donors (Lipinski definition) is 2. The van der Waals surface area contributed by atoms with Crippen molar-refractivity contribution in [2.75, 3.05) is 18.5 Å². The van der Waals surface area contributed by atoms with E-state index in [9.17, 15) is 24.8 Å². The first-order chi connectivity index (χ1) is 12.2. The number of nitrogens with zero attached hydrogens (tertiary/aromatic N) is 1. The molecule has 0 aliphatic rings. The fourth-order valence-electron chi connectivity index (χ4n) is 2.32. The minimum Gasteiger partial charge on any atom is -0.544 e. The second-order valence-electron chi connectivity index (χ2n) is 6.25. The van der Waals surface area contributed by atoms with E-state index in [0.717, 1.165) is 6.42 Å². The van der Waals surface area contributed by atoms with Gasteiger partial charge in [-0.2, -0.15) is 0 Å². The second-order valence-corrected chi connectivity index (χ2v) is 6.25. The number of carboxylic acid groups (broad SMARTS) is 1. The smallest absolute Gasteiger partial charge is 0.296 e. The summed E-state index contributed by atoms with van der Waals surface area (Å²) < 4.78 is 5.21. The summed E-state index contributed by atoms with van der Waals surface area (Å²) in [5.41, 5.74) is -0.333. The largest absolute Gasteiger partial charge is 0.544 e. The van der Waals surface area contributed by atoms with Crippen molar-refractivity contribution < 1.29 is 29.7 Å². The van der Waals surface area contributed by atoms with Crippen LogP contribution in [0.5, 0.6) is 5.75 Å². The van der Waals surface area contributed by atoms with Crippen LogP contribution < -0.4 is 20.5 Å². The van der Waals surface area contributed by atoms with E-state index in [1.54, 1.807) is 12.2 Å². The number of aliphatic carboxylic acids is 1. The summed E-state index contributed by atoms with van der Waals surface area (Å²) in [5.74, 6) is -1.25. The summed E-state index contributed by atoms with van der Waals surface area (Å²) in [6.07, 6.45) is 0.459. The number of carboxylic acids is 1. The first-order valence-electron chi connectivity index (χ1n) is 8.49. The van der Waals surface area contributed by atoms with Crippen molar-refractivity contribution in [3.63, 3.8) is 0 Å². The molecule has 0 fully saturated rings. The number of rotatable bonds is 11. The number of ether oxygens (including phenoxy) is 1. The van der Waals surface area contributed by atoms with Crippen LogP contribution >= 0.6 is 0 Å². The number of amides is 1. The predicted octanol–water partition coefficient (Wildman–Crippen LogP) is 0.0501. The van der Waals surface area contributed by atoms with Crippen molar-refractivity contribution in [3.8, 4) is 5.75 Å². The van der Waals surface area contributed by atoms with Crippen LogP contribution in [0.4, 0.5) is 11.4 Å². The molecular formula is C17H25N3O6. The molecule has 0 aliphatic carbocycles. The normalized spacial score (nSPS) is 11.8. The Morgan fingerprint density at radius 3 is 2.58 bits per heavy atom. The Balaban J connectivity index is 2.78. The van der Waals surface area contributed by atoms with Crippen LogP contribution in [0.25, 0.3) is 0 Å². The molecule has 0 radical (unpaired) electrons. The molecule has 26 heavy (non-hydrogen) atoms. The van der Waals surface area contributed by atoms with Gasteiger partial charge < -0.3 is 25.3 Å². The number of hydrogen-bond acceptors (Lipinski definition) is 6. The van der Waals surface area contributed by atoms with Crippen LogP contribution in [0.15, 0.2) is 18.2 Å². The lowest BCUT2D eigenvalue weighted by molar-refractivity contribution is -0.683. The van der Waals surface area contributed by atoms with Gasteiger partial charge in [-0.25, -0.2) is 0 Å². The molecule has 0 heterocycles. The van der Waals surface area contributed by atoms with Gasteiger partial charge in [0.05, 0.1) is 36.5 Å². The van der Waals surface area contributed by atoms with E-state index in [4.69, 9.17) is 4.74 Å². The molecule has 1 rings (SSSR count). The summed E-state index contributed by atoms with van der Waals surface area (Å²) in [6.45, 7) is 6.67. The van der Waals surface area contributed by atoms with Gasteiger partial charge in [-0.1, -0.05) is 13.8 Å². The van der Waals surface area contributed by atoms with E-state index in [1.807, 2.05) is 13.8 Å². The molecule has 1 amide bonds. The topological polar surface area (TPSA) is 138 Å². The van der Waals surface area contributed by atoms with Gasteiger partial charge in [0.25, 0.3) is 5.69 Å². The van der Waals surface area contributed by atoms with Gasteiger partial charge in [0, 0.05) is 0 Å². The summed E-state index contributed by atoms with van der Waals surface area (Å²) in [4.78, 5) is 33.9. The lowest BCUT2D eigenvalue weighted by atomic mass is 10.1. The molecule has 0 bridgehead atoms. The number of nitrogens with one attached hydrogen (secondary N) is 1. The fourth-order valence-corrected chi connectivity index (χ4v) is 2.32. The van der Waals surface area contributed by atoms with E-state index in [-0.39, 0.29) is 17.8 Å². The molecule has 9 nitrogen and oxygen atoms in total. The van der Waals surface area contributed by atoms with Gasteiger partial charge in [-0.3, -0.25) is 14.9 Å². The molecule has 0 saturated heterocycles. The standard InChI is InChI=1S/C17H25N3O6/c1-4-26-12-5-6-13(15(9-12)20(24)25)19-16(21)10-14(17(22)23)18-8-7-11(2)3/h5-6,9,11,14,18H,4,7-8,10H2,1-3H3,(H,19,21)(H,22,23)/t14-/m0/s1. The van der Waals surface area contributed by atoms with Gasteiger partial charge in [0.1, 0.15) is 17.5 Å². The summed E-state index contributed by atoms with van der Waals surface area (Å²) in [6, 6.07) is 3.02. The number of nitrogens with two attached hydrogens (primary N) is 1. The van der Waals surface area contributed by atoms with Crippen molar-refractivity contribution in [2.45, 2.75) is 39.7 Å². The minimum absolute atomic E-state index is 0.0114. The van der Waals surface area contributed by atoms with Crippen LogP contribution in [-0.2, 0) is 9.59 Å². The van der Waals surface area contributed by atoms with E-state index >= 15 is 0 Å². The van der Waals surface area contributed by atoms with Gasteiger partial charge in [0.2, 0.25) is 5.91 Å². The molecule has 9 heteroatoms. The van der Waals surface area contributed by atoms with Crippen molar-refractivity contribution in [3.05, 3.63) is 28.3 Å². The number of carbonyl (C=O) groups is 2. The number of anilines is 1. The minimum atomic E-state index is -1.34. The molecule has 0 aliphatic heterocycles. The maximum absolute atomic E-state index is 12.1. The molecule has 0 saturated carbocycles. The van der Waals surface area contributed by atoms with Crippen molar-refractivity contribution in [1.29, 1.82) is 0 Å². The highest BCUT2D eigenvalue weighted by Gasteiger charge is 2.22. The quantitative estimate of drug-likeness (QED) is 0.419. The van der Waals surface area contributed by atoms with E-state index in [0.29, 0.717) is 24.8 Å². The molecule has 0 aromatic heterocycles. The highest BCUT2D eigenvalue weighted by molar-refractivity contribution is 5.95. The highest BCUT2D eigenvalue weighted by Crippen LogP contribution is 2.29. The van der Waals surface area contributed by atoms with Crippen LogP contribution in [0, 0.1) is 16.0 Å². The fraction of sp³-hybridized carbons (Fsp3) is 0.529. The third-order valence-electron chi connectivity index (χ3n) is 3.65. The zero-order valence-electron chi connectivity index (χ0n) is 15.2. The van der Waals surface area contributed by atoms with Crippen molar-refractivity contribution in [1.82, 2.24) is 0 Å². The van der Waals surface area contributed by atoms with Gasteiger partial charge in [-0.15, -0.1) is 0 Å². The maximum Gasteiger partial charge on any atom is 0.296 e. The Hall–Kier alpha value is -2.68. The number of nitro benzene ring substituents is 1. The van der Waals surface area contributed by atoms with Crippen LogP contribution in [0.3, 0.4) is 0 Å². The summed E-state index contributed by atoms with van der Waals surface area (Å²) in [7, 11) is 0. The lowest BCUT2D eigenvalue weighted by Gasteiger charge is -2.17. The van der Waals surface area contributed by atoms with Crippen LogP contribution in [-0.4, -0.2) is 36.0 Å². The van der Waals surface area contributed by atoms with E-state index in [2.05, 4.69) is 5.32 Å². The third kappa shape index (κ3) is 7.06. The zero-order valence-corrected chi connectivity index (χ0v) is 15.2. The number of nitro groups is 1. The summed E-state index contributed by atoms with van der Waals surface area (Å²) in [5, 5.41) is 26.3. The Morgan fingerprint density at radius 2 is 2.04 bits per heavy atom. The molecule has 144 valence electrons. The SMILES string of the molecule is CCOc1ccc(NC(=O)C[C@H]([NH2+]CCC(C)C)C(=O)[O-])c([N+](=O)[O-])c1. The lowest BCUT2D eigenvalue weighted by Crippen LogP contribution is -2.93. The Labute approximate surface area is 151 Å². The first-order valence-corrected chi connectivity index (χ1v) is 8.49. The Kier molecular flexibility index (Phi) is 8.50. The monoisotopic (exact) mass is 367 g/mol. The van der Waals surface area contributed by atoms with Crippen LogP contribution in [0.1, 0.15) is 33.6 Å². The average molecular weight is 367 g/mol. The van der Waals surface area contributed by atoms with Gasteiger partial charge in [0.15, 0.2) is 0 Å². The predicted molar refractivity (Wildman–Crippen MR) is 92.6 cm³/mol. The van der Waals surface area contributed by atoms with Gasteiger partial charge in [-0.05, 0) is 31.4 Å². The summed E-state index contributed by atoms with van der Waals surface area (Å²) >= 11 is 0. The van der Waals surface area contributed by atoms with Crippen LogP contribution in [0.2, 0.25) is 0 Å². The first kappa shape index (κ1) is 21.4. The molecule has 0 spiro atoms. The molecule has 0 unspecified atom stereocenters. The van der Waals surface area contributed by atoms with Gasteiger partial charge >= 0.3 is 0 Å². The molecule has 1 aromatic rings.